The topological polar surface area (TPSA) is 41.1 Å². The van der Waals surface area contributed by atoms with Gasteiger partial charge in [-0.1, -0.05) is 64.3 Å². The van der Waals surface area contributed by atoms with Crippen LogP contribution in [-0.2, 0) is 12.0 Å². The first-order chi connectivity index (χ1) is 9.95. The second kappa shape index (κ2) is 6.97. The molecule has 0 aromatic heterocycles. The second-order valence-electron chi connectivity index (χ2n) is 7.11. The van der Waals surface area contributed by atoms with E-state index in [4.69, 9.17) is 0 Å². The SMILES string of the molecule is CC(C)(C)c1ccc(CNC(=O)NC2CCCCC2)cc1. The Hall–Kier alpha value is -1.51. The number of hydrogen-bond acceptors (Lipinski definition) is 1. The van der Waals surface area contributed by atoms with Crippen molar-refractivity contribution < 1.29 is 4.79 Å². The van der Waals surface area contributed by atoms with Crippen molar-refractivity contribution in [2.75, 3.05) is 0 Å². The van der Waals surface area contributed by atoms with Gasteiger partial charge in [0.05, 0.1) is 0 Å². The van der Waals surface area contributed by atoms with Gasteiger partial charge in [-0.3, -0.25) is 0 Å². The maximum Gasteiger partial charge on any atom is 0.315 e. The number of carbonyl (C=O) groups excluding carboxylic acids is 1. The van der Waals surface area contributed by atoms with Gasteiger partial charge in [0, 0.05) is 12.6 Å². The van der Waals surface area contributed by atoms with Crippen LogP contribution in [0.3, 0.4) is 0 Å². The van der Waals surface area contributed by atoms with Gasteiger partial charge in [-0.25, -0.2) is 4.79 Å². The highest BCUT2D eigenvalue weighted by atomic mass is 16.2. The third-order valence-corrected chi connectivity index (χ3v) is 4.21. The summed E-state index contributed by atoms with van der Waals surface area (Å²) in [4.78, 5) is 11.9. The zero-order valence-corrected chi connectivity index (χ0v) is 13.5. The van der Waals surface area contributed by atoms with Crippen molar-refractivity contribution in [1.29, 1.82) is 0 Å². The molecule has 2 rings (SSSR count). The first-order valence-corrected chi connectivity index (χ1v) is 8.09. The molecule has 3 nitrogen and oxygen atoms in total. The van der Waals surface area contributed by atoms with Crippen LogP contribution in [0.1, 0.15) is 64.0 Å². The molecular formula is C18H28N2O. The van der Waals surface area contributed by atoms with E-state index in [2.05, 4.69) is 55.7 Å². The van der Waals surface area contributed by atoms with Crippen molar-refractivity contribution in [2.24, 2.45) is 0 Å². The lowest BCUT2D eigenvalue weighted by atomic mass is 9.87. The second-order valence-corrected chi connectivity index (χ2v) is 7.11. The predicted molar refractivity (Wildman–Crippen MR) is 87.4 cm³/mol. The lowest BCUT2D eigenvalue weighted by Crippen LogP contribution is -2.42. The molecule has 1 fully saturated rings. The molecule has 21 heavy (non-hydrogen) atoms. The van der Waals surface area contributed by atoms with E-state index in [-0.39, 0.29) is 11.4 Å². The Morgan fingerprint density at radius 1 is 1.10 bits per heavy atom. The minimum Gasteiger partial charge on any atom is -0.335 e. The van der Waals surface area contributed by atoms with Crippen LogP contribution in [-0.4, -0.2) is 12.1 Å². The van der Waals surface area contributed by atoms with Gasteiger partial charge < -0.3 is 10.6 Å². The van der Waals surface area contributed by atoms with Crippen molar-refractivity contribution in [3.05, 3.63) is 35.4 Å². The van der Waals surface area contributed by atoms with E-state index in [0.717, 1.165) is 18.4 Å². The molecule has 116 valence electrons. The third-order valence-electron chi connectivity index (χ3n) is 4.21. The smallest absolute Gasteiger partial charge is 0.315 e. The zero-order valence-electron chi connectivity index (χ0n) is 13.5. The third kappa shape index (κ3) is 5.07. The molecule has 1 saturated carbocycles. The Balaban J connectivity index is 1.78. The molecule has 0 saturated heterocycles. The number of urea groups is 1. The van der Waals surface area contributed by atoms with E-state index in [1.165, 1.54) is 24.8 Å². The Labute approximate surface area is 128 Å². The number of hydrogen-bond donors (Lipinski definition) is 2. The molecule has 1 aromatic rings. The molecule has 2 N–H and O–H groups in total. The first-order valence-electron chi connectivity index (χ1n) is 8.09. The summed E-state index contributed by atoms with van der Waals surface area (Å²) in [6.45, 7) is 7.20. The van der Waals surface area contributed by atoms with Crippen molar-refractivity contribution >= 4 is 6.03 Å². The molecule has 0 bridgehead atoms. The molecule has 0 unspecified atom stereocenters. The van der Waals surface area contributed by atoms with Gasteiger partial charge >= 0.3 is 6.03 Å². The standard InChI is InChI=1S/C18H28N2O/c1-18(2,3)15-11-9-14(10-12-15)13-19-17(21)20-16-7-5-4-6-8-16/h9-12,16H,4-8,13H2,1-3H3,(H2,19,20,21). The number of nitrogens with one attached hydrogen (secondary N) is 2. The van der Waals surface area contributed by atoms with E-state index in [9.17, 15) is 4.79 Å². The Kier molecular flexibility index (Phi) is 5.27. The normalized spacial score (nSPS) is 16.5. The molecule has 2 amide bonds. The molecule has 3 heteroatoms. The minimum absolute atomic E-state index is 0.0400. The Bertz CT molecular complexity index is 453. The molecule has 0 radical (unpaired) electrons. The van der Waals surface area contributed by atoms with Crippen molar-refractivity contribution in [3.63, 3.8) is 0 Å². The number of rotatable bonds is 3. The van der Waals surface area contributed by atoms with E-state index < -0.39 is 0 Å². The highest BCUT2D eigenvalue weighted by Crippen LogP contribution is 2.22. The lowest BCUT2D eigenvalue weighted by molar-refractivity contribution is 0.232. The summed E-state index contributed by atoms with van der Waals surface area (Å²) in [5.74, 6) is 0. The quantitative estimate of drug-likeness (QED) is 0.863. The summed E-state index contributed by atoms with van der Waals surface area (Å²) in [6, 6.07) is 8.82. The van der Waals surface area contributed by atoms with E-state index in [1.807, 2.05) is 0 Å². The van der Waals surface area contributed by atoms with Gasteiger partial charge in [0.25, 0.3) is 0 Å². The fourth-order valence-electron chi connectivity index (χ4n) is 2.79. The van der Waals surface area contributed by atoms with Crippen molar-refractivity contribution in [1.82, 2.24) is 10.6 Å². The van der Waals surface area contributed by atoms with Crippen molar-refractivity contribution in [2.45, 2.75) is 70.9 Å². The molecule has 1 aromatic carbocycles. The molecule has 0 atom stereocenters. The van der Waals surface area contributed by atoms with Gasteiger partial charge in [0.1, 0.15) is 0 Å². The first kappa shape index (κ1) is 15.9. The molecular weight excluding hydrogens is 260 g/mol. The van der Waals surface area contributed by atoms with E-state index in [1.54, 1.807) is 0 Å². The summed E-state index contributed by atoms with van der Waals surface area (Å²) in [7, 11) is 0. The lowest BCUT2D eigenvalue weighted by Gasteiger charge is -2.23. The summed E-state index contributed by atoms with van der Waals surface area (Å²) < 4.78 is 0. The highest BCUT2D eigenvalue weighted by Gasteiger charge is 2.15. The van der Waals surface area contributed by atoms with Gasteiger partial charge in [-0.2, -0.15) is 0 Å². The average Bonchev–Trinajstić information content (AvgIpc) is 2.46. The van der Waals surface area contributed by atoms with Crippen LogP contribution in [0, 0.1) is 0 Å². The van der Waals surface area contributed by atoms with E-state index in [0.29, 0.717) is 12.6 Å². The van der Waals surface area contributed by atoms with Gasteiger partial charge in [0.15, 0.2) is 0 Å². The number of benzene rings is 1. The Morgan fingerprint density at radius 3 is 2.29 bits per heavy atom. The molecule has 0 aliphatic heterocycles. The number of amides is 2. The highest BCUT2D eigenvalue weighted by molar-refractivity contribution is 5.74. The van der Waals surface area contributed by atoms with Gasteiger partial charge in [-0.05, 0) is 29.4 Å². The summed E-state index contributed by atoms with van der Waals surface area (Å²) in [5, 5.41) is 6.03. The van der Waals surface area contributed by atoms with Gasteiger partial charge in [0.2, 0.25) is 0 Å². The Morgan fingerprint density at radius 2 is 1.71 bits per heavy atom. The summed E-state index contributed by atoms with van der Waals surface area (Å²) >= 11 is 0. The zero-order chi connectivity index (χ0) is 15.3. The molecule has 1 aliphatic carbocycles. The monoisotopic (exact) mass is 288 g/mol. The van der Waals surface area contributed by atoms with Crippen LogP contribution in [0.15, 0.2) is 24.3 Å². The predicted octanol–water partition coefficient (Wildman–Crippen LogP) is 4.12. The van der Waals surface area contributed by atoms with Crippen molar-refractivity contribution in [3.8, 4) is 0 Å². The molecule has 1 aliphatic rings. The van der Waals surface area contributed by atoms with Crippen LogP contribution >= 0.6 is 0 Å². The minimum atomic E-state index is -0.0400. The largest absolute Gasteiger partial charge is 0.335 e. The molecule has 0 spiro atoms. The van der Waals surface area contributed by atoms with Crippen LogP contribution in [0.25, 0.3) is 0 Å². The van der Waals surface area contributed by atoms with Crippen LogP contribution in [0.4, 0.5) is 4.79 Å². The molecule has 0 heterocycles. The van der Waals surface area contributed by atoms with Gasteiger partial charge in [-0.15, -0.1) is 0 Å². The number of carbonyl (C=O) groups is 1. The fraction of sp³-hybridized carbons (Fsp3) is 0.611. The van der Waals surface area contributed by atoms with Crippen LogP contribution in [0.2, 0.25) is 0 Å². The average molecular weight is 288 g/mol. The summed E-state index contributed by atoms with van der Waals surface area (Å²) in [6.07, 6.45) is 6.01. The maximum atomic E-state index is 11.9. The summed E-state index contributed by atoms with van der Waals surface area (Å²) in [5.41, 5.74) is 2.63. The van der Waals surface area contributed by atoms with E-state index >= 15 is 0 Å². The fourth-order valence-corrected chi connectivity index (χ4v) is 2.79. The maximum absolute atomic E-state index is 11.9. The van der Waals surface area contributed by atoms with Crippen LogP contribution < -0.4 is 10.6 Å². The van der Waals surface area contributed by atoms with Crippen LogP contribution in [0.5, 0.6) is 0 Å².